The van der Waals surface area contributed by atoms with Crippen molar-refractivity contribution in [1.29, 1.82) is 0 Å². The molecule has 2 N–H and O–H groups in total. The van der Waals surface area contributed by atoms with E-state index < -0.39 is 0 Å². The predicted octanol–water partition coefficient (Wildman–Crippen LogP) is 4.29. The van der Waals surface area contributed by atoms with Crippen molar-refractivity contribution in [3.8, 4) is 0 Å². The molecule has 0 amide bonds. The van der Waals surface area contributed by atoms with Gasteiger partial charge in [-0.1, -0.05) is 42.5 Å². The summed E-state index contributed by atoms with van der Waals surface area (Å²) in [6, 6.07) is 17.0. The minimum atomic E-state index is -0.168. The lowest BCUT2D eigenvalue weighted by Gasteiger charge is -2.12. The number of hydrogen-bond acceptors (Lipinski definition) is 2. The van der Waals surface area contributed by atoms with Crippen molar-refractivity contribution in [2.75, 3.05) is 13.1 Å². The van der Waals surface area contributed by atoms with Gasteiger partial charge >= 0.3 is 0 Å². The van der Waals surface area contributed by atoms with Crippen molar-refractivity contribution < 1.29 is 4.39 Å². The summed E-state index contributed by atoms with van der Waals surface area (Å²) < 4.78 is 13.7. The summed E-state index contributed by atoms with van der Waals surface area (Å²) in [6.07, 6.45) is 2.40. The molecule has 0 atom stereocenters. The van der Waals surface area contributed by atoms with E-state index in [-0.39, 0.29) is 29.8 Å². The van der Waals surface area contributed by atoms with Crippen molar-refractivity contribution in [3.63, 3.8) is 0 Å². The Morgan fingerprint density at radius 3 is 2.59 bits per heavy atom. The van der Waals surface area contributed by atoms with Gasteiger partial charge in [-0.25, -0.2) is 9.38 Å². The van der Waals surface area contributed by atoms with Crippen LogP contribution in [0.1, 0.15) is 18.1 Å². The van der Waals surface area contributed by atoms with E-state index in [9.17, 15) is 4.39 Å². The minimum absolute atomic E-state index is 0. The zero-order valence-electron chi connectivity index (χ0n) is 15.3. The number of guanidine groups is 1. The van der Waals surface area contributed by atoms with E-state index in [4.69, 9.17) is 0 Å². The van der Waals surface area contributed by atoms with Crippen LogP contribution in [0, 0.1) is 5.82 Å². The molecule has 3 rings (SSSR count). The Balaban J connectivity index is 0.00000261. The maximum Gasteiger partial charge on any atom is 0.191 e. The van der Waals surface area contributed by atoms with Gasteiger partial charge in [-0.3, -0.25) is 4.98 Å². The quantitative estimate of drug-likeness (QED) is 0.316. The minimum Gasteiger partial charge on any atom is -0.357 e. The van der Waals surface area contributed by atoms with Gasteiger partial charge in [-0.05, 0) is 36.6 Å². The zero-order valence-corrected chi connectivity index (χ0v) is 17.6. The lowest BCUT2D eigenvalue weighted by atomic mass is 10.1. The highest BCUT2D eigenvalue weighted by atomic mass is 127. The molecule has 0 radical (unpaired) electrons. The van der Waals surface area contributed by atoms with E-state index in [1.165, 1.54) is 6.07 Å². The molecule has 1 heterocycles. The summed E-state index contributed by atoms with van der Waals surface area (Å²) in [7, 11) is 0. The van der Waals surface area contributed by atoms with Gasteiger partial charge in [-0.15, -0.1) is 24.0 Å². The molecule has 6 heteroatoms. The average Bonchev–Trinajstić information content (AvgIpc) is 2.67. The maximum absolute atomic E-state index is 13.7. The normalized spacial score (nSPS) is 11.1. The van der Waals surface area contributed by atoms with Crippen molar-refractivity contribution in [2.45, 2.75) is 19.9 Å². The Labute approximate surface area is 176 Å². The molecule has 0 saturated heterocycles. The smallest absolute Gasteiger partial charge is 0.191 e. The van der Waals surface area contributed by atoms with Gasteiger partial charge in [-0.2, -0.15) is 0 Å². The van der Waals surface area contributed by atoms with Gasteiger partial charge in [0.05, 0.1) is 12.1 Å². The van der Waals surface area contributed by atoms with E-state index in [0.717, 1.165) is 29.0 Å². The fourth-order valence-corrected chi connectivity index (χ4v) is 2.82. The van der Waals surface area contributed by atoms with Crippen LogP contribution in [0.15, 0.2) is 65.8 Å². The number of para-hydroxylation sites is 1. The fourth-order valence-electron chi connectivity index (χ4n) is 2.82. The molecule has 0 aliphatic carbocycles. The van der Waals surface area contributed by atoms with Crippen molar-refractivity contribution in [1.82, 2.24) is 15.6 Å². The van der Waals surface area contributed by atoms with E-state index >= 15 is 0 Å². The Morgan fingerprint density at radius 1 is 1.00 bits per heavy atom. The van der Waals surface area contributed by atoms with Crippen LogP contribution in [0.4, 0.5) is 4.39 Å². The maximum atomic E-state index is 13.7. The molecule has 0 unspecified atom stereocenters. The third kappa shape index (κ3) is 5.89. The highest BCUT2D eigenvalue weighted by Crippen LogP contribution is 2.16. The first kappa shape index (κ1) is 21.1. The number of aliphatic imine (C=N–C) groups is 1. The predicted molar refractivity (Wildman–Crippen MR) is 120 cm³/mol. The van der Waals surface area contributed by atoms with Crippen LogP contribution in [0.2, 0.25) is 0 Å². The highest BCUT2D eigenvalue weighted by Gasteiger charge is 2.04. The van der Waals surface area contributed by atoms with Crippen molar-refractivity contribution >= 4 is 40.8 Å². The number of fused-ring (bicyclic) bond motifs is 1. The molecule has 1 aromatic heterocycles. The molecule has 3 aromatic rings. The monoisotopic (exact) mass is 478 g/mol. The first-order chi connectivity index (χ1) is 12.8. The first-order valence-corrected chi connectivity index (χ1v) is 8.86. The van der Waals surface area contributed by atoms with Crippen LogP contribution in [0.5, 0.6) is 0 Å². The van der Waals surface area contributed by atoms with Crippen LogP contribution in [-0.2, 0) is 13.0 Å². The molecule has 0 saturated carbocycles. The van der Waals surface area contributed by atoms with E-state index in [2.05, 4.69) is 20.6 Å². The van der Waals surface area contributed by atoms with Crippen molar-refractivity contribution in [2.24, 2.45) is 4.99 Å². The Bertz CT molecular complexity index is 893. The van der Waals surface area contributed by atoms with Gasteiger partial charge in [0.1, 0.15) is 5.82 Å². The van der Waals surface area contributed by atoms with Crippen molar-refractivity contribution in [3.05, 3.63) is 77.7 Å². The second kappa shape index (κ2) is 10.8. The Kier molecular flexibility index (Phi) is 8.44. The number of nitrogens with one attached hydrogen (secondary N) is 2. The summed E-state index contributed by atoms with van der Waals surface area (Å²) in [6.45, 7) is 3.93. The third-order valence-electron chi connectivity index (χ3n) is 4.11. The summed E-state index contributed by atoms with van der Waals surface area (Å²) in [5.41, 5.74) is 2.75. The summed E-state index contributed by atoms with van der Waals surface area (Å²) in [4.78, 5) is 9.11. The number of hydrogen-bond donors (Lipinski definition) is 2. The van der Waals surface area contributed by atoms with Crippen LogP contribution < -0.4 is 10.6 Å². The van der Waals surface area contributed by atoms with E-state index in [1.54, 1.807) is 12.3 Å². The third-order valence-corrected chi connectivity index (χ3v) is 4.11. The van der Waals surface area contributed by atoms with Crippen LogP contribution >= 0.6 is 24.0 Å². The van der Waals surface area contributed by atoms with Gasteiger partial charge in [0.25, 0.3) is 0 Å². The lowest BCUT2D eigenvalue weighted by molar-refractivity contribution is 0.606. The zero-order chi connectivity index (χ0) is 18.2. The van der Waals surface area contributed by atoms with Gasteiger partial charge < -0.3 is 10.6 Å². The highest BCUT2D eigenvalue weighted by molar-refractivity contribution is 14.0. The van der Waals surface area contributed by atoms with Crippen LogP contribution in [0.3, 0.4) is 0 Å². The standard InChI is InChI=1S/C21H23FN4.HI/c1-2-23-21(25-14-12-16-7-3-4-11-19(16)22)26-15-18-9-5-8-17-10-6-13-24-20(17)18;/h3-11,13H,2,12,14-15H2,1H3,(H2,23,25,26);1H. The number of nitrogens with zero attached hydrogens (tertiary/aromatic N) is 2. The molecule has 0 spiro atoms. The number of aromatic nitrogens is 1. The van der Waals surface area contributed by atoms with Gasteiger partial charge in [0, 0.05) is 24.7 Å². The molecule has 0 bridgehead atoms. The van der Waals surface area contributed by atoms with E-state index in [0.29, 0.717) is 25.1 Å². The number of rotatable bonds is 6. The van der Waals surface area contributed by atoms with Crippen LogP contribution in [0.25, 0.3) is 10.9 Å². The number of halogens is 2. The molecule has 4 nitrogen and oxygen atoms in total. The second-order valence-electron chi connectivity index (χ2n) is 5.96. The fraction of sp³-hybridized carbons (Fsp3) is 0.238. The number of benzene rings is 2. The number of pyridine rings is 1. The first-order valence-electron chi connectivity index (χ1n) is 8.86. The molecular weight excluding hydrogens is 454 g/mol. The molecule has 27 heavy (non-hydrogen) atoms. The average molecular weight is 478 g/mol. The molecule has 142 valence electrons. The topological polar surface area (TPSA) is 49.3 Å². The van der Waals surface area contributed by atoms with E-state index in [1.807, 2.05) is 49.4 Å². The molecular formula is C21H24FIN4. The molecule has 0 aliphatic rings. The Morgan fingerprint density at radius 2 is 1.78 bits per heavy atom. The van der Waals surface area contributed by atoms with Gasteiger partial charge in [0.2, 0.25) is 0 Å². The summed E-state index contributed by atoms with van der Waals surface area (Å²) in [5, 5.41) is 7.60. The summed E-state index contributed by atoms with van der Waals surface area (Å²) in [5.74, 6) is 0.551. The molecule has 0 aliphatic heterocycles. The molecule has 0 fully saturated rings. The summed E-state index contributed by atoms with van der Waals surface area (Å²) >= 11 is 0. The lowest BCUT2D eigenvalue weighted by Crippen LogP contribution is -2.38. The molecule has 2 aromatic carbocycles. The van der Waals surface area contributed by atoms with Crippen LogP contribution in [-0.4, -0.2) is 24.0 Å². The Hall–Kier alpha value is -2.22. The largest absolute Gasteiger partial charge is 0.357 e. The van der Waals surface area contributed by atoms with Gasteiger partial charge in [0.15, 0.2) is 5.96 Å². The SMILES string of the molecule is CCNC(=NCc1cccc2cccnc12)NCCc1ccccc1F.I. The second-order valence-corrected chi connectivity index (χ2v) is 5.96.